The lowest BCUT2D eigenvalue weighted by Crippen LogP contribution is -2.57. The molecule has 0 amide bonds. The van der Waals surface area contributed by atoms with Crippen LogP contribution in [0.2, 0.25) is 0 Å². The molecule has 1 atom stereocenters. The zero-order valence-electron chi connectivity index (χ0n) is 13.5. The van der Waals surface area contributed by atoms with E-state index in [2.05, 4.69) is 41.3 Å². The Labute approximate surface area is 122 Å². The summed E-state index contributed by atoms with van der Waals surface area (Å²) in [5.41, 5.74) is 0.0753. The van der Waals surface area contributed by atoms with Crippen LogP contribution in [-0.2, 0) is 9.47 Å². The first-order valence-electron chi connectivity index (χ1n) is 7.28. The van der Waals surface area contributed by atoms with Gasteiger partial charge in [0.2, 0.25) is 0 Å². The van der Waals surface area contributed by atoms with Gasteiger partial charge in [-0.15, -0.1) is 0 Å². The number of aliphatic imine (C=N–C) groups is 1. The van der Waals surface area contributed by atoms with Gasteiger partial charge < -0.3 is 20.1 Å². The van der Waals surface area contributed by atoms with Crippen molar-refractivity contribution in [2.75, 3.05) is 53.6 Å². The number of nitrogens with zero attached hydrogens (tertiary/aromatic N) is 2. The van der Waals surface area contributed by atoms with E-state index in [0.29, 0.717) is 6.61 Å². The Morgan fingerprint density at radius 2 is 2.05 bits per heavy atom. The highest BCUT2D eigenvalue weighted by atomic mass is 16.5. The number of guanidine groups is 1. The maximum atomic E-state index is 5.41. The molecular formula is C14H30N4O2. The molecular weight excluding hydrogens is 256 g/mol. The fourth-order valence-electron chi connectivity index (χ4n) is 2.30. The quantitative estimate of drug-likeness (QED) is 0.543. The SMILES string of the molecule is CN=C(NCC(C)(C)N1CCOCC1)NC(C)COC. The molecule has 0 aliphatic carbocycles. The van der Waals surface area contributed by atoms with Gasteiger partial charge in [-0.1, -0.05) is 0 Å². The summed E-state index contributed by atoms with van der Waals surface area (Å²) in [4.78, 5) is 6.71. The number of ether oxygens (including phenoxy) is 2. The van der Waals surface area contributed by atoms with Gasteiger partial charge in [-0.3, -0.25) is 9.89 Å². The summed E-state index contributed by atoms with van der Waals surface area (Å²) < 4.78 is 10.5. The smallest absolute Gasteiger partial charge is 0.191 e. The lowest BCUT2D eigenvalue weighted by atomic mass is 10.0. The number of hydrogen-bond donors (Lipinski definition) is 2. The van der Waals surface area contributed by atoms with Crippen molar-refractivity contribution in [2.24, 2.45) is 4.99 Å². The second kappa shape index (κ2) is 8.44. The Hall–Kier alpha value is -0.850. The van der Waals surface area contributed by atoms with Gasteiger partial charge in [-0.05, 0) is 20.8 Å². The van der Waals surface area contributed by atoms with Crippen LogP contribution in [-0.4, -0.2) is 76.1 Å². The molecule has 1 aliphatic heterocycles. The molecule has 1 aliphatic rings. The summed E-state index contributed by atoms with van der Waals surface area (Å²) in [6.07, 6.45) is 0. The van der Waals surface area contributed by atoms with E-state index < -0.39 is 0 Å². The second-order valence-corrected chi connectivity index (χ2v) is 5.84. The topological polar surface area (TPSA) is 58.1 Å². The molecule has 1 rings (SSSR count). The van der Waals surface area contributed by atoms with Gasteiger partial charge >= 0.3 is 0 Å². The van der Waals surface area contributed by atoms with Crippen LogP contribution < -0.4 is 10.6 Å². The molecule has 20 heavy (non-hydrogen) atoms. The van der Waals surface area contributed by atoms with Gasteiger partial charge in [0.15, 0.2) is 5.96 Å². The summed E-state index contributed by atoms with van der Waals surface area (Å²) in [5, 5.41) is 6.71. The molecule has 1 unspecified atom stereocenters. The summed E-state index contributed by atoms with van der Waals surface area (Å²) in [7, 11) is 3.49. The van der Waals surface area contributed by atoms with E-state index in [0.717, 1.165) is 38.8 Å². The van der Waals surface area contributed by atoms with E-state index in [1.807, 2.05) is 0 Å². The van der Waals surface area contributed by atoms with Crippen LogP contribution >= 0.6 is 0 Å². The molecule has 118 valence electrons. The van der Waals surface area contributed by atoms with Crippen LogP contribution in [0.5, 0.6) is 0 Å². The number of rotatable bonds is 6. The molecule has 1 fully saturated rings. The van der Waals surface area contributed by atoms with Gasteiger partial charge in [0, 0.05) is 45.4 Å². The first-order chi connectivity index (χ1) is 9.49. The van der Waals surface area contributed by atoms with Gasteiger partial charge in [0.1, 0.15) is 0 Å². The molecule has 2 N–H and O–H groups in total. The van der Waals surface area contributed by atoms with Crippen molar-refractivity contribution in [2.45, 2.75) is 32.4 Å². The Morgan fingerprint density at radius 3 is 2.60 bits per heavy atom. The van der Waals surface area contributed by atoms with Crippen LogP contribution in [0.25, 0.3) is 0 Å². The number of methoxy groups -OCH3 is 1. The van der Waals surface area contributed by atoms with E-state index in [-0.39, 0.29) is 11.6 Å². The zero-order chi connectivity index (χ0) is 15.0. The summed E-state index contributed by atoms with van der Waals surface area (Å²) in [5.74, 6) is 0.816. The third-order valence-corrected chi connectivity index (χ3v) is 3.58. The molecule has 1 saturated heterocycles. The van der Waals surface area contributed by atoms with E-state index in [4.69, 9.17) is 9.47 Å². The Kier molecular flexibility index (Phi) is 7.26. The number of morpholine rings is 1. The summed E-state index contributed by atoms with van der Waals surface area (Å²) in [6.45, 7) is 11.7. The Balaban J connectivity index is 2.42. The predicted octanol–water partition coefficient (Wildman–Crippen LogP) is 0.297. The highest BCUT2D eigenvalue weighted by molar-refractivity contribution is 5.80. The average Bonchev–Trinajstić information content (AvgIpc) is 2.44. The van der Waals surface area contributed by atoms with Crippen molar-refractivity contribution in [3.63, 3.8) is 0 Å². The van der Waals surface area contributed by atoms with Crippen LogP contribution in [0.15, 0.2) is 4.99 Å². The molecule has 6 heteroatoms. The van der Waals surface area contributed by atoms with E-state index in [1.54, 1.807) is 14.2 Å². The molecule has 0 radical (unpaired) electrons. The largest absolute Gasteiger partial charge is 0.383 e. The average molecular weight is 286 g/mol. The standard InChI is InChI=1S/C14H30N4O2/c1-12(10-19-5)17-13(15-4)16-11-14(2,3)18-6-8-20-9-7-18/h12H,6-11H2,1-5H3,(H2,15,16,17). The second-order valence-electron chi connectivity index (χ2n) is 5.84. The fourth-order valence-corrected chi connectivity index (χ4v) is 2.30. The molecule has 0 bridgehead atoms. The van der Waals surface area contributed by atoms with Crippen molar-refractivity contribution in [1.82, 2.24) is 15.5 Å². The Morgan fingerprint density at radius 1 is 1.40 bits per heavy atom. The van der Waals surface area contributed by atoms with E-state index in [1.165, 1.54) is 0 Å². The minimum Gasteiger partial charge on any atom is -0.383 e. The third kappa shape index (κ3) is 5.64. The van der Waals surface area contributed by atoms with Crippen molar-refractivity contribution >= 4 is 5.96 Å². The van der Waals surface area contributed by atoms with E-state index in [9.17, 15) is 0 Å². The van der Waals surface area contributed by atoms with Crippen molar-refractivity contribution in [3.05, 3.63) is 0 Å². The first-order valence-corrected chi connectivity index (χ1v) is 7.28. The van der Waals surface area contributed by atoms with Crippen molar-refractivity contribution in [3.8, 4) is 0 Å². The molecule has 0 aromatic rings. The molecule has 0 aromatic carbocycles. The van der Waals surface area contributed by atoms with Crippen LogP contribution in [0.4, 0.5) is 0 Å². The molecule has 6 nitrogen and oxygen atoms in total. The maximum absolute atomic E-state index is 5.41. The highest BCUT2D eigenvalue weighted by Gasteiger charge is 2.28. The molecule has 0 aromatic heterocycles. The molecule has 0 spiro atoms. The summed E-state index contributed by atoms with van der Waals surface area (Å²) >= 11 is 0. The summed E-state index contributed by atoms with van der Waals surface area (Å²) in [6, 6.07) is 0.234. The Bertz CT molecular complexity index is 302. The van der Waals surface area contributed by atoms with Gasteiger partial charge in [0.25, 0.3) is 0 Å². The molecule has 0 saturated carbocycles. The number of nitrogens with one attached hydrogen (secondary N) is 2. The van der Waals surface area contributed by atoms with Crippen LogP contribution in [0.3, 0.4) is 0 Å². The maximum Gasteiger partial charge on any atom is 0.191 e. The van der Waals surface area contributed by atoms with Gasteiger partial charge in [-0.25, -0.2) is 0 Å². The molecule has 1 heterocycles. The monoisotopic (exact) mass is 286 g/mol. The minimum atomic E-state index is 0.0753. The van der Waals surface area contributed by atoms with Crippen molar-refractivity contribution < 1.29 is 9.47 Å². The predicted molar refractivity (Wildman–Crippen MR) is 82.3 cm³/mol. The zero-order valence-corrected chi connectivity index (χ0v) is 13.5. The lowest BCUT2D eigenvalue weighted by Gasteiger charge is -2.41. The number of hydrogen-bond acceptors (Lipinski definition) is 4. The fraction of sp³-hybridized carbons (Fsp3) is 0.929. The third-order valence-electron chi connectivity index (χ3n) is 3.58. The first kappa shape index (κ1) is 17.2. The van der Waals surface area contributed by atoms with Crippen LogP contribution in [0, 0.1) is 0 Å². The van der Waals surface area contributed by atoms with Gasteiger partial charge in [0.05, 0.1) is 19.8 Å². The van der Waals surface area contributed by atoms with Crippen LogP contribution in [0.1, 0.15) is 20.8 Å². The highest BCUT2D eigenvalue weighted by Crippen LogP contribution is 2.14. The minimum absolute atomic E-state index is 0.0753. The lowest BCUT2D eigenvalue weighted by molar-refractivity contribution is -0.00835. The van der Waals surface area contributed by atoms with Gasteiger partial charge in [-0.2, -0.15) is 0 Å². The van der Waals surface area contributed by atoms with E-state index >= 15 is 0 Å². The van der Waals surface area contributed by atoms with Crippen molar-refractivity contribution in [1.29, 1.82) is 0 Å². The normalized spacial score (nSPS) is 19.8.